The number of hydrogen-bond donors (Lipinski definition) is 2. The van der Waals surface area contributed by atoms with E-state index in [0.29, 0.717) is 5.82 Å². The first-order valence-corrected chi connectivity index (χ1v) is 5.14. The Morgan fingerprint density at radius 2 is 2.33 bits per heavy atom. The fourth-order valence-corrected chi connectivity index (χ4v) is 2.21. The molecule has 0 aliphatic heterocycles. The number of H-pyrrole nitrogens is 1. The van der Waals surface area contributed by atoms with Gasteiger partial charge in [-0.15, -0.1) is 0 Å². The van der Waals surface area contributed by atoms with Crippen molar-refractivity contribution in [1.29, 1.82) is 0 Å². The first-order chi connectivity index (χ1) is 5.70. The highest BCUT2D eigenvalue weighted by Crippen LogP contribution is 2.29. The second-order valence-corrected chi connectivity index (χ2v) is 4.39. The van der Waals surface area contributed by atoms with Gasteiger partial charge in [0.1, 0.15) is 5.82 Å². The molecule has 0 unspecified atom stereocenters. The third-order valence-electron chi connectivity index (χ3n) is 1.64. The van der Waals surface area contributed by atoms with E-state index in [4.69, 9.17) is 5.73 Å². The van der Waals surface area contributed by atoms with E-state index in [0.717, 1.165) is 18.9 Å². The Morgan fingerprint density at radius 3 is 3.00 bits per heavy atom. The Hall–Kier alpha value is -0.300. The molecule has 0 saturated carbocycles. The molecule has 62 valence electrons. The van der Waals surface area contributed by atoms with Crippen molar-refractivity contribution in [3.63, 3.8) is 0 Å². The third-order valence-corrected chi connectivity index (χ3v) is 3.10. The van der Waals surface area contributed by atoms with Gasteiger partial charge < -0.3 is 10.7 Å². The molecule has 0 saturated heterocycles. The molecule has 3 nitrogen and oxygen atoms in total. The minimum absolute atomic E-state index is 0.568. The summed E-state index contributed by atoms with van der Waals surface area (Å²) in [6.45, 7) is 0. The van der Waals surface area contributed by atoms with Gasteiger partial charge in [0.05, 0.1) is 15.4 Å². The predicted molar refractivity (Wildman–Crippen MR) is 60.9 cm³/mol. The zero-order valence-corrected chi connectivity index (χ0v) is 9.68. The number of hydrogen-bond acceptors (Lipinski definition) is 2. The highest BCUT2D eigenvalue weighted by atomic mass is 127. The summed E-state index contributed by atoms with van der Waals surface area (Å²) in [7, 11) is 0. The second kappa shape index (κ2) is 2.88. The van der Waals surface area contributed by atoms with Gasteiger partial charge in [-0.2, -0.15) is 0 Å². The lowest BCUT2D eigenvalue weighted by Gasteiger charge is -1.97. The molecule has 0 fully saturated rings. The summed E-state index contributed by atoms with van der Waals surface area (Å²) in [5.41, 5.74) is 6.72. The Bertz CT molecular complexity index is 437. The predicted octanol–water partition coefficient (Wildman–Crippen LogP) is 2.51. The van der Waals surface area contributed by atoms with Crippen LogP contribution in [0.5, 0.6) is 0 Å². The van der Waals surface area contributed by atoms with E-state index in [1.807, 2.05) is 6.20 Å². The van der Waals surface area contributed by atoms with Crippen LogP contribution in [0.2, 0.25) is 0 Å². The smallest absolute Gasteiger partial charge is 0.133 e. The number of rotatable bonds is 0. The number of nitrogen functional groups attached to an aromatic ring is 1. The summed E-state index contributed by atoms with van der Waals surface area (Å²) in [4.78, 5) is 7.17. The largest absolute Gasteiger partial charge is 0.383 e. The molecule has 5 heteroatoms. The van der Waals surface area contributed by atoms with E-state index >= 15 is 0 Å². The van der Waals surface area contributed by atoms with Crippen LogP contribution in [0.25, 0.3) is 10.9 Å². The lowest BCUT2D eigenvalue weighted by molar-refractivity contribution is 1.34. The van der Waals surface area contributed by atoms with E-state index in [-0.39, 0.29) is 0 Å². The summed E-state index contributed by atoms with van der Waals surface area (Å²) >= 11 is 5.62. The van der Waals surface area contributed by atoms with Crippen LogP contribution >= 0.6 is 38.5 Å². The van der Waals surface area contributed by atoms with Crippen molar-refractivity contribution in [3.8, 4) is 0 Å². The fourth-order valence-electron chi connectivity index (χ4n) is 1.09. The fraction of sp³-hybridized carbons (Fsp3) is 0. The highest BCUT2D eigenvalue weighted by molar-refractivity contribution is 14.1. The maximum absolute atomic E-state index is 5.71. The molecule has 3 N–H and O–H groups in total. The minimum atomic E-state index is 0.568. The minimum Gasteiger partial charge on any atom is -0.383 e. The van der Waals surface area contributed by atoms with Crippen LogP contribution in [-0.4, -0.2) is 9.97 Å². The van der Waals surface area contributed by atoms with Crippen LogP contribution in [0.1, 0.15) is 0 Å². The van der Waals surface area contributed by atoms with Crippen molar-refractivity contribution in [2.24, 2.45) is 0 Å². The zero-order valence-electron chi connectivity index (χ0n) is 5.94. The van der Waals surface area contributed by atoms with Crippen LogP contribution in [0, 0.1) is 3.57 Å². The van der Waals surface area contributed by atoms with E-state index in [1.165, 1.54) is 0 Å². The Kier molecular flexibility index (Phi) is 1.99. The quantitative estimate of drug-likeness (QED) is 0.726. The molecule has 0 aromatic carbocycles. The van der Waals surface area contributed by atoms with Crippen LogP contribution in [0.3, 0.4) is 0 Å². The average Bonchev–Trinajstić information content (AvgIpc) is 2.42. The number of fused-ring (bicyclic) bond motifs is 1. The third kappa shape index (κ3) is 1.11. The SMILES string of the molecule is Nc1ncc(Br)c2[nH]cc(I)c12. The number of pyridine rings is 1. The van der Waals surface area contributed by atoms with E-state index < -0.39 is 0 Å². The summed E-state index contributed by atoms with van der Waals surface area (Å²) in [6, 6.07) is 0. The van der Waals surface area contributed by atoms with Crippen molar-refractivity contribution in [3.05, 3.63) is 20.4 Å². The molecular weight excluding hydrogens is 333 g/mol. The highest BCUT2D eigenvalue weighted by Gasteiger charge is 2.07. The number of nitrogens with two attached hydrogens (primary N) is 1. The van der Waals surface area contributed by atoms with E-state index in [1.54, 1.807) is 6.20 Å². The number of nitrogens with zero attached hydrogens (tertiary/aromatic N) is 1. The molecule has 0 spiro atoms. The van der Waals surface area contributed by atoms with Crippen molar-refractivity contribution >= 4 is 55.2 Å². The van der Waals surface area contributed by atoms with Gasteiger partial charge in [-0.25, -0.2) is 4.98 Å². The normalized spacial score (nSPS) is 10.8. The summed E-state index contributed by atoms with van der Waals surface area (Å²) in [5.74, 6) is 0.568. The Balaban J connectivity index is 2.98. The van der Waals surface area contributed by atoms with Crippen molar-refractivity contribution in [1.82, 2.24) is 9.97 Å². The first kappa shape index (κ1) is 8.31. The molecule has 2 aromatic rings. The zero-order chi connectivity index (χ0) is 8.72. The maximum atomic E-state index is 5.71. The summed E-state index contributed by atoms with van der Waals surface area (Å²) in [6.07, 6.45) is 3.61. The molecule has 0 amide bonds. The van der Waals surface area contributed by atoms with E-state index in [2.05, 4.69) is 48.5 Å². The number of anilines is 1. The molecule has 0 bridgehead atoms. The van der Waals surface area contributed by atoms with Gasteiger partial charge in [-0.05, 0) is 38.5 Å². The van der Waals surface area contributed by atoms with Crippen molar-refractivity contribution in [2.75, 3.05) is 5.73 Å². The number of halogens is 2. The van der Waals surface area contributed by atoms with Crippen LogP contribution in [0.15, 0.2) is 16.9 Å². The van der Waals surface area contributed by atoms with Gasteiger partial charge in [0.25, 0.3) is 0 Å². The number of aromatic amines is 1. The van der Waals surface area contributed by atoms with E-state index in [9.17, 15) is 0 Å². The standard InChI is InChI=1S/C7H5BrIN3/c8-3-1-12-7(10)5-4(9)2-11-6(3)5/h1-2,11H,(H2,10,12). The maximum Gasteiger partial charge on any atom is 0.133 e. The molecule has 2 heterocycles. The average molecular weight is 338 g/mol. The molecule has 0 aliphatic rings. The lowest BCUT2D eigenvalue weighted by Crippen LogP contribution is -1.90. The van der Waals surface area contributed by atoms with Crippen LogP contribution in [-0.2, 0) is 0 Å². The molecule has 0 radical (unpaired) electrons. The van der Waals surface area contributed by atoms with Crippen LogP contribution < -0.4 is 5.73 Å². The van der Waals surface area contributed by atoms with Gasteiger partial charge in [0.15, 0.2) is 0 Å². The van der Waals surface area contributed by atoms with Crippen molar-refractivity contribution < 1.29 is 0 Å². The first-order valence-electron chi connectivity index (χ1n) is 3.26. The van der Waals surface area contributed by atoms with Crippen LogP contribution in [0.4, 0.5) is 5.82 Å². The number of aromatic nitrogens is 2. The molecule has 12 heavy (non-hydrogen) atoms. The van der Waals surface area contributed by atoms with Gasteiger partial charge >= 0.3 is 0 Å². The van der Waals surface area contributed by atoms with Gasteiger partial charge in [0.2, 0.25) is 0 Å². The lowest BCUT2D eigenvalue weighted by atomic mass is 10.3. The summed E-state index contributed by atoms with van der Waals surface area (Å²) in [5, 5.41) is 0.991. The Labute approximate surface area is 91.0 Å². The molecule has 2 aromatic heterocycles. The molecular formula is C7H5BrIN3. The van der Waals surface area contributed by atoms with Gasteiger partial charge in [-0.1, -0.05) is 0 Å². The molecule has 0 atom stereocenters. The van der Waals surface area contributed by atoms with Gasteiger partial charge in [0, 0.05) is 16.0 Å². The molecule has 2 rings (SSSR count). The topological polar surface area (TPSA) is 54.7 Å². The monoisotopic (exact) mass is 337 g/mol. The molecule has 0 aliphatic carbocycles. The van der Waals surface area contributed by atoms with Gasteiger partial charge in [-0.3, -0.25) is 0 Å². The van der Waals surface area contributed by atoms with Crippen molar-refractivity contribution in [2.45, 2.75) is 0 Å². The number of nitrogens with one attached hydrogen (secondary N) is 1. The summed E-state index contributed by atoms with van der Waals surface area (Å²) < 4.78 is 2.03. The second-order valence-electron chi connectivity index (χ2n) is 2.38. The Morgan fingerprint density at radius 1 is 1.58 bits per heavy atom.